The van der Waals surface area contributed by atoms with Crippen LogP contribution in [0.25, 0.3) is 0 Å². The summed E-state index contributed by atoms with van der Waals surface area (Å²) in [6, 6.07) is 20.1. The second-order valence-corrected chi connectivity index (χ2v) is 8.86. The van der Waals surface area contributed by atoms with E-state index in [0.717, 1.165) is 48.9 Å². The minimum Gasteiger partial charge on any atom is -0.457 e. The second-order valence-electron chi connectivity index (χ2n) is 8.86. The lowest BCUT2D eigenvalue weighted by Gasteiger charge is -2.36. The van der Waals surface area contributed by atoms with Crippen LogP contribution in [-0.2, 0) is 21.6 Å². The summed E-state index contributed by atoms with van der Waals surface area (Å²) in [5.41, 5.74) is 0.145. The molecule has 0 spiro atoms. The lowest BCUT2D eigenvalue weighted by molar-refractivity contribution is -0.921. The average Bonchev–Trinajstić information content (AvgIpc) is 3.48. The summed E-state index contributed by atoms with van der Waals surface area (Å²) in [6.07, 6.45) is 5.57. The van der Waals surface area contributed by atoms with Gasteiger partial charge in [0.2, 0.25) is 5.60 Å². The first-order valence-electron chi connectivity index (χ1n) is 11.3. The molecule has 4 rings (SSSR count). The minimum atomic E-state index is -1.84. The van der Waals surface area contributed by atoms with E-state index in [1.165, 1.54) is 0 Å². The molecule has 1 aromatic heterocycles. The Morgan fingerprint density at radius 3 is 2.38 bits per heavy atom. The third kappa shape index (κ3) is 4.61. The van der Waals surface area contributed by atoms with Crippen LogP contribution in [-0.4, -0.2) is 53.5 Å². The molecule has 1 saturated heterocycles. The molecule has 1 aliphatic rings. The van der Waals surface area contributed by atoms with Crippen molar-refractivity contribution in [2.24, 2.45) is 0 Å². The fourth-order valence-electron chi connectivity index (χ4n) is 4.77. The Labute approximate surface area is 189 Å². The quantitative estimate of drug-likeness (QED) is 0.410. The van der Waals surface area contributed by atoms with E-state index in [2.05, 4.69) is 12.2 Å². The molecule has 3 aromatic rings. The molecule has 2 unspecified atom stereocenters. The zero-order valence-corrected chi connectivity index (χ0v) is 18.5. The van der Waals surface area contributed by atoms with E-state index in [1.54, 1.807) is 30.5 Å². The van der Waals surface area contributed by atoms with Gasteiger partial charge in [0.05, 0.1) is 25.8 Å². The van der Waals surface area contributed by atoms with Gasteiger partial charge in [-0.15, -0.1) is 0 Å². The van der Waals surface area contributed by atoms with E-state index in [-0.39, 0.29) is 6.04 Å². The Morgan fingerprint density at radius 1 is 1.12 bits per heavy atom. The van der Waals surface area contributed by atoms with E-state index >= 15 is 0 Å². The van der Waals surface area contributed by atoms with E-state index in [9.17, 15) is 9.90 Å². The highest BCUT2D eigenvalue weighted by Gasteiger charge is 2.44. The van der Waals surface area contributed by atoms with Gasteiger partial charge < -0.3 is 18.8 Å². The Morgan fingerprint density at radius 2 is 1.78 bits per heavy atom. The molecule has 1 aliphatic heterocycles. The lowest BCUT2D eigenvalue weighted by Crippen LogP contribution is -2.51. The second kappa shape index (κ2) is 9.67. The topological polar surface area (TPSA) is 72.6 Å². The molecule has 6 heteroatoms. The van der Waals surface area contributed by atoms with Crippen LogP contribution in [0.4, 0.5) is 0 Å². The summed E-state index contributed by atoms with van der Waals surface area (Å²) in [4.78, 5) is 13.3. The number of quaternary nitrogens is 1. The number of aryl methyl sites for hydroxylation is 1. The molecular formula is C26H31N2O4+. The van der Waals surface area contributed by atoms with Crippen LogP contribution in [0.15, 0.2) is 77.5 Å². The number of carbonyl (C=O) groups is 1. The Balaban J connectivity index is 1.44. The Kier molecular flexibility index (Phi) is 6.72. The monoisotopic (exact) mass is 435 g/mol. The van der Waals surface area contributed by atoms with Crippen molar-refractivity contribution in [1.82, 2.24) is 5.16 Å². The van der Waals surface area contributed by atoms with Crippen LogP contribution in [0.2, 0.25) is 0 Å². The van der Waals surface area contributed by atoms with E-state index in [4.69, 9.17) is 9.26 Å². The highest BCUT2D eigenvalue weighted by atomic mass is 16.6. The fraction of sp³-hybridized carbons (Fsp3) is 0.385. The summed E-state index contributed by atoms with van der Waals surface area (Å²) in [5, 5.41) is 15.6. The van der Waals surface area contributed by atoms with Gasteiger partial charge in [0, 0.05) is 25.3 Å². The smallest absolute Gasteiger partial charge is 0.347 e. The normalized spacial score (nSPS) is 20.9. The molecule has 6 nitrogen and oxygen atoms in total. The number of likely N-dealkylation sites (tertiary alicyclic amines) is 1. The molecule has 2 atom stereocenters. The van der Waals surface area contributed by atoms with Crippen molar-refractivity contribution in [2.45, 2.75) is 37.3 Å². The van der Waals surface area contributed by atoms with Crippen molar-refractivity contribution in [2.75, 3.05) is 26.7 Å². The first-order valence-corrected chi connectivity index (χ1v) is 11.3. The summed E-state index contributed by atoms with van der Waals surface area (Å²) in [5.74, 6) is -0.629. The zero-order chi connectivity index (χ0) is 22.4. The molecular weight excluding hydrogens is 404 g/mol. The number of hydrogen-bond donors (Lipinski definition) is 1. The maximum absolute atomic E-state index is 13.3. The SMILES string of the molecule is C[N+]1(CCCc2ccon2)CCCC1COC(=O)C(O)(c1ccccc1)c1ccccc1. The zero-order valence-electron chi connectivity index (χ0n) is 18.5. The molecule has 168 valence electrons. The predicted molar refractivity (Wildman–Crippen MR) is 121 cm³/mol. The van der Waals surface area contributed by atoms with E-state index < -0.39 is 11.6 Å². The number of hydrogen-bond acceptors (Lipinski definition) is 5. The molecule has 2 heterocycles. The largest absolute Gasteiger partial charge is 0.457 e. The molecule has 1 N–H and O–H groups in total. The number of esters is 1. The molecule has 2 aromatic carbocycles. The van der Waals surface area contributed by atoms with Gasteiger partial charge >= 0.3 is 5.97 Å². The Bertz CT molecular complexity index is 952. The van der Waals surface area contributed by atoms with Crippen molar-refractivity contribution in [3.63, 3.8) is 0 Å². The number of aromatic nitrogens is 1. The summed E-state index contributed by atoms with van der Waals surface area (Å²) >= 11 is 0. The summed E-state index contributed by atoms with van der Waals surface area (Å²) < 4.78 is 11.6. The van der Waals surface area contributed by atoms with Crippen molar-refractivity contribution >= 4 is 5.97 Å². The highest BCUT2D eigenvalue weighted by molar-refractivity contribution is 5.85. The molecule has 0 amide bonds. The molecule has 0 radical (unpaired) electrons. The molecule has 1 fully saturated rings. The minimum absolute atomic E-state index is 0.215. The highest BCUT2D eigenvalue weighted by Crippen LogP contribution is 2.32. The number of rotatable bonds is 9. The summed E-state index contributed by atoms with van der Waals surface area (Å²) in [6.45, 7) is 2.33. The van der Waals surface area contributed by atoms with Crippen molar-refractivity contribution in [3.8, 4) is 0 Å². The number of ether oxygens (including phenoxy) is 1. The van der Waals surface area contributed by atoms with Gasteiger partial charge in [0.25, 0.3) is 0 Å². The van der Waals surface area contributed by atoms with Crippen LogP contribution in [0.1, 0.15) is 36.1 Å². The number of carbonyl (C=O) groups excluding carboxylic acids is 1. The van der Waals surface area contributed by atoms with Gasteiger partial charge in [-0.3, -0.25) is 0 Å². The number of benzene rings is 2. The van der Waals surface area contributed by atoms with Crippen molar-refractivity contribution in [1.29, 1.82) is 0 Å². The maximum atomic E-state index is 13.3. The van der Waals surface area contributed by atoms with E-state index in [0.29, 0.717) is 17.7 Å². The van der Waals surface area contributed by atoms with E-state index in [1.807, 2.05) is 42.5 Å². The predicted octanol–water partition coefficient (Wildman–Crippen LogP) is 3.70. The van der Waals surface area contributed by atoms with Crippen LogP contribution in [0.3, 0.4) is 0 Å². The molecule has 0 aliphatic carbocycles. The van der Waals surface area contributed by atoms with Gasteiger partial charge in [-0.1, -0.05) is 65.8 Å². The van der Waals surface area contributed by atoms with Crippen LogP contribution in [0, 0.1) is 0 Å². The van der Waals surface area contributed by atoms with Gasteiger partial charge in [0.1, 0.15) is 18.9 Å². The molecule has 32 heavy (non-hydrogen) atoms. The average molecular weight is 436 g/mol. The van der Waals surface area contributed by atoms with Crippen molar-refractivity contribution in [3.05, 3.63) is 89.8 Å². The van der Waals surface area contributed by atoms with Gasteiger partial charge in [-0.25, -0.2) is 4.79 Å². The van der Waals surface area contributed by atoms with Crippen LogP contribution in [0.5, 0.6) is 0 Å². The standard InChI is InChI=1S/C26H31N2O4/c1-28(17-8-14-23-16-19-32-27-23)18-9-15-24(28)20-31-25(29)26(30,21-10-4-2-5-11-21)22-12-6-3-7-13-22/h2-7,10-13,16,19,24,30H,8-9,14-15,17-18,20H2,1H3/q+1. The van der Waals surface area contributed by atoms with Gasteiger partial charge in [-0.05, 0) is 17.5 Å². The molecule has 0 saturated carbocycles. The lowest BCUT2D eigenvalue weighted by atomic mass is 9.86. The van der Waals surface area contributed by atoms with Gasteiger partial charge in [0.15, 0.2) is 0 Å². The van der Waals surface area contributed by atoms with Crippen LogP contribution < -0.4 is 0 Å². The first-order chi connectivity index (χ1) is 15.5. The number of aliphatic hydroxyl groups is 1. The maximum Gasteiger partial charge on any atom is 0.347 e. The number of nitrogens with zero attached hydrogens (tertiary/aromatic N) is 2. The summed E-state index contributed by atoms with van der Waals surface area (Å²) in [7, 11) is 2.23. The fourth-order valence-corrected chi connectivity index (χ4v) is 4.77. The van der Waals surface area contributed by atoms with Crippen LogP contribution >= 0.6 is 0 Å². The van der Waals surface area contributed by atoms with Crippen molar-refractivity contribution < 1.29 is 23.6 Å². The number of likely N-dealkylation sites (N-methyl/N-ethyl adjacent to an activating group) is 1. The molecule has 0 bridgehead atoms. The first kappa shape index (κ1) is 22.2. The third-order valence-electron chi connectivity index (χ3n) is 6.77. The Hall–Kier alpha value is -2.96. The van der Waals surface area contributed by atoms with Gasteiger partial charge in [-0.2, -0.15) is 0 Å². The third-order valence-corrected chi connectivity index (χ3v) is 6.77.